The number of carboxylic acid groups (broad SMARTS) is 1. The Bertz CT molecular complexity index is 1390. The molecule has 2 saturated heterocycles. The molecular formula is C23H21ClF3N7O2S. The molecule has 14 heteroatoms. The molecule has 0 bridgehead atoms. The number of aromatic nitrogens is 5. The van der Waals surface area contributed by atoms with E-state index in [9.17, 15) is 13.2 Å². The topological polar surface area (TPSA) is 117 Å². The average molecular weight is 552 g/mol. The van der Waals surface area contributed by atoms with Crippen LogP contribution in [0.3, 0.4) is 0 Å². The van der Waals surface area contributed by atoms with E-state index in [4.69, 9.17) is 31.5 Å². The van der Waals surface area contributed by atoms with Crippen LogP contribution in [0.25, 0.3) is 16.2 Å². The fourth-order valence-electron chi connectivity index (χ4n) is 4.46. The van der Waals surface area contributed by atoms with Crippen LogP contribution >= 0.6 is 23.4 Å². The van der Waals surface area contributed by atoms with Gasteiger partial charge in [0, 0.05) is 61.5 Å². The number of rotatable bonds is 4. The van der Waals surface area contributed by atoms with Gasteiger partial charge in [0.1, 0.15) is 11.3 Å². The van der Waals surface area contributed by atoms with Crippen LogP contribution in [0.2, 0.25) is 0 Å². The highest BCUT2D eigenvalue weighted by atomic mass is 35.5. The number of nitrogens with zero attached hydrogens (tertiary/aromatic N) is 6. The van der Waals surface area contributed by atoms with Crippen LogP contribution in [0.4, 0.5) is 19.0 Å². The van der Waals surface area contributed by atoms with Crippen molar-refractivity contribution in [2.75, 3.05) is 24.5 Å². The SMILES string of the molecule is CCC1=C(Cl)c2c(nc(Sc3cnc4nccnc4c3)nc2N2CC3CNC3C2)C1.O=C(O)C(F)(F)F. The highest BCUT2D eigenvalue weighted by molar-refractivity contribution is 7.99. The molecule has 3 aliphatic rings. The van der Waals surface area contributed by atoms with Gasteiger partial charge >= 0.3 is 12.1 Å². The molecule has 9 nitrogen and oxygen atoms in total. The number of hydrogen-bond donors (Lipinski definition) is 2. The molecule has 37 heavy (non-hydrogen) atoms. The molecule has 194 valence electrons. The van der Waals surface area contributed by atoms with E-state index in [0.717, 1.165) is 70.2 Å². The number of hydrogen-bond acceptors (Lipinski definition) is 9. The molecule has 2 aliphatic heterocycles. The summed E-state index contributed by atoms with van der Waals surface area (Å²) in [5.41, 5.74) is 4.71. The number of anilines is 1. The Morgan fingerprint density at radius 1 is 1.24 bits per heavy atom. The van der Waals surface area contributed by atoms with Crippen molar-refractivity contribution in [3.8, 4) is 0 Å². The number of halogens is 4. The van der Waals surface area contributed by atoms with Gasteiger partial charge in [-0.05, 0) is 29.8 Å². The molecule has 0 aromatic carbocycles. The molecule has 0 amide bonds. The van der Waals surface area contributed by atoms with Crippen molar-refractivity contribution in [3.63, 3.8) is 0 Å². The lowest BCUT2D eigenvalue weighted by molar-refractivity contribution is -0.192. The van der Waals surface area contributed by atoms with Crippen molar-refractivity contribution < 1.29 is 23.1 Å². The second-order valence-corrected chi connectivity index (χ2v) is 10.2. The number of aliphatic carboxylic acids is 1. The second kappa shape index (κ2) is 10.0. The molecule has 2 unspecified atom stereocenters. The molecule has 2 N–H and O–H groups in total. The lowest BCUT2D eigenvalue weighted by Crippen LogP contribution is -2.51. The van der Waals surface area contributed by atoms with Crippen LogP contribution in [0.15, 0.2) is 40.3 Å². The number of carboxylic acids is 1. The highest BCUT2D eigenvalue weighted by Gasteiger charge is 2.41. The van der Waals surface area contributed by atoms with E-state index in [1.165, 1.54) is 17.3 Å². The van der Waals surface area contributed by atoms with Gasteiger partial charge in [-0.25, -0.2) is 24.7 Å². The Morgan fingerprint density at radius 2 is 2.00 bits per heavy atom. The minimum atomic E-state index is -5.08. The predicted molar refractivity (Wildman–Crippen MR) is 131 cm³/mol. The Morgan fingerprint density at radius 3 is 2.62 bits per heavy atom. The van der Waals surface area contributed by atoms with Crippen LogP contribution < -0.4 is 10.2 Å². The zero-order valence-electron chi connectivity index (χ0n) is 19.5. The van der Waals surface area contributed by atoms with Gasteiger partial charge in [0.25, 0.3) is 0 Å². The number of allylic oxidation sites excluding steroid dienone is 1. The monoisotopic (exact) mass is 551 g/mol. The summed E-state index contributed by atoms with van der Waals surface area (Å²) in [6.45, 7) is 5.22. The van der Waals surface area contributed by atoms with Gasteiger partial charge < -0.3 is 15.3 Å². The molecule has 2 atom stereocenters. The maximum absolute atomic E-state index is 10.6. The van der Waals surface area contributed by atoms with E-state index in [1.807, 2.05) is 6.07 Å². The van der Waals surface area contributed by atoms with E-state index < -0.39 is 12.1 Å². The van der Waals surface area contributed by atoms with Crippen molar-refractivity contribution in [2.45, 2.75) is 42.0 Å². The van der Waals surface area contributed by atoms with E-state index in [2.05, 4.69) is 32.1 Å². The van der Waals surface area contributed by atoms with Gasteiger partial charge in [0.2, 0.25) is 0 Å². The highest BCUT2D eigenvalue weighted by Crippen LogP contribution is 2.44. The van der Waals surface area contributed by atoms with Crippen molar-refractivity contribution >= 4 is 51.3 Å². The third-order valence-corrected chi connectivity index (χ3v) is 7.70. The molecule has 0 spiro atoms. The minimum absolute atomic E-state index is 0.560. The molecule has 1 aliphatic carbocycles. The summed E-state index contributed by atoms with van der Waals surface area (Å²) in [7, 11) is 0. The zero-order chi connectivity index (χ0) is 26.3. The fraction of sp³-hybridized carbons (Fsp3) is 0.391. The summed E-state index contributed by atoms with van der Waals surface area (Å²) < 4.78 is 31.7. The summed E-state index contributed by atoms with van der Waals surface area (Å²) in [5, 5.41) is 12.2. The average Bonchev–Trinajstić information content (AvgIpc) is 3.33. The van der Waals surface area contributed by atoms with Crippen LogP contribution in [0.5, 0.6) is 0 Å². The van der Waals surface area contributed by atoms with Crippen molar-refractivity contribution in [1.29, 1.82) is 0 Å². The van der Waals surface area contributed by atoms with Crippen LogP contribution in [0.1, 0.15) is 24.6 Å². The molecule has 6 rings (SSSR count). The number of nitrogens with one attached hydrogen (secondary N) is 1. The second-order valence-electron chi connectivity index (χ2n) is 8.75. The zero-order valence-corrected chi connectivity index (χ0v) is 21.0. The van der Waals surface area contributed by atoms with Gasteiger partial charge in [0.15, 0.2) is 10.8 Å². The molecule has 5 heterocycles. The number of alkyl halides is 3. The molecule has 0 saturated carbocycles. The first-order valence-corrected chi connectivity index (χ1v) is 12.6. The van der Waals surface area contributed by atoms with Crippen molar-refractivity contribution in [1.82, 2.24) is 30.2 Å². The van der Waals surface area contributed by atoms with Gasteiger partial charge in [-0.3, -0.25) is 4.98 Å². The lowest BCUT2D eigenvalue weighted by atomic mass is 9.96. The maximum atomic E-state index is 10.6. The number of carbonyl (C=O) groups is 1. The van der Waals surface area contributed by atoms with E-state index in [1.54, 1.807) is 18.6 Å². The first-order valence-electron chi connectivity index (χ1n) is 11.5. The lowest BCUT2D eigenvalue weighted by Gasteiger charge is -2.29. The third-order valence-electron chi connectivity index (χ3n) is 6.42. The van der Waals surface area contributed by atoms with Crippen molar-refractivity contribution in [2.24, 2.45) is 5.92 Å². The fourth-order valence-corrected chi connectivity index (χ4v) is 5.63. The Balaban J connectivity index is 0.000000355. The van der Waals surface area contributed by atoms with E-state index in [0.29, 0.717) is 17.6 Å². The number of fused-ring (bicyclic) bond motifs is 3. The van der Waals surface area contributed by atoms with Crippen LogP contribution in [0, 0.1) is 5.92 Å². The molecular weight excluding hydrogens is 531 g/mol. The van der Waals surface area contributed by atoms with Crippen LogP contribution in [-0.4, -0.2) is 67.8 Å². The Kier molecular flexibility index (Phi) is 6.94. The summed E-state index contributed by atoms with van der Waals surface area (Å²) in [6, 6.07) is 2.55. The maximum Gasteiger partial charge on any atom is 0.490 e. The summed E-state index contributed by atoms with van der Waals surface area (Å²) >= 11 is 8.30. The van der Waals surface area contributed by atoms with Crippen LogP contribution in [-0.2, 0) is 11.2 Å². The standard InChI is InChI=1S/C21H20ClN7S.C2HF3O2/c1-2-11-5-14-17(18(11)22)20(29-9-12-7-25-16(12)10-29)28-21(27-14)30-13-6-15-19(26-8-13)24-4-3-23-15;3-2(4,5)1(6)7/h3-4,6,8,12,16,25H,2,5,7,9-10H2,1H3;(H,6,7). The molecule has 3 aromatic rings. The summed E-state index contributed by atoms with van der Waals surface area (Å²) in [5.74, 6) is -1.09. The summed E-state index contributed by atoms with van der Waals surface area (Å²) in [4.78, 5) is 35.1. The normalized spacial score (nSPS) is 20.3. The van der Waals surface area contributed by atoms with Gasteiger partial charge in [-0.15, -0.1) is 0 Å². The summed E-state index contributed by atoms with van der Waals surface area (Å²) in [6.07, 6.45) is 1.78. The minimum Gasteiger partial charge on any atom is -0.475 e. The Hall–Kier alpha value is -3.03. The largest absolute Gasteiger partial charge is 0.490 e. The van der Waals surface area contributed by atoms with E-state index >= 15 is 0 Å². The van der Waals surface area contributed by atoms with Gasteiger partial charge in [-0.1, -0.05) is 18.5 Å². The smallest absolute Gasteiger partial charge is 0.475 e. The van der Waals surface area contributed by atoms with E-state index in [-0.39, 0.29) is 0 Å². The molecule has 2 fully saturated rings. The molecule has 3 aromatic heterocycles. The van der Waals surface area contributed by atoms with Gasteiger partial charge in [0.05, 0.1) is 16.3 Å². The van der Waals surface area contributed by atoms with Crippen molar-refractivity contribution in [3.05, 3.63) is 41.5 Å². The third kappa shape index (κ3) is 5.20. The quantitative estimate of drug-likeness (QED) is 0.462. The molecule has 0 radical (unpaired) electrons. The van der Waals surface area contributed by atoms with Gasteiger partial charge in [-0.2, -0.15) is 13.2 Å². The number of pyridine rings is 1. The first kappa shape index (κ1) is 25.6. The first-order chi connectivity index (χ1) is 17.6. The Labute approximate surface area is 218 Å². The predicted octanol–water partition coefficient (Wildman–Crippen LogP) is 3.92.